The lowest BCUT2D eigenvalue weighted by Gasteiger charge is -2.23. The lowest BCUT2D eigenvalue weighted by Crippen LogP contribution is -2.35. The number of aryl methyl sites for hydroxylation is 1. The average molecular weight is 376 g/mol. The summed E-state index contributed by atoms with van der Waals surface area (Å²) in [6, 6.07) is 0.868. The fourth-order valence-electron chi connectivity index (χ4n) is 4.42. The standard InChI is InChI=1S/C20H29N3O2S/c1-2-25-11-5-10-21-14-8-9-16-17(12-14)26-19-18(16)20(24)23(13-22-19)15-6-3-4-7-15/h13-15,21H,2-12H2,1H3. The maximum atomic E-state index is 13.1. The van der Waals surface area contributed by atoms with Gasteiger partial charge in [-0.3, -0.25) is 9.36 Å². The first-order chi connectivity index (χ1) is 12.8. The van der Waals surface area contributed by atoms with Gasteiger partial charge in [-0.05, 0) is 57.6 Å². The van der Waals surface area contributed by atoms with Crippen molar-refractivity contribution in [3.05, 3.63) is 27.1 Å². The van der Waals surface area contributed by atoms with E-state index in [1.165, 1.54) is 23.3 Å². The van der Waals surface area contributed by atoms with Crippen LogP contribution in [0.1, 0.15) is 61.9 Å². The highest BCUT2D eigenvalue weighted by Crippen LogP contribution is 2.35. The number of aromatic nitrogens is 2. The summed E-state index contributed by atoms with van der Waals surface area (Å²) in [5.41, 5.74) is 1.48. The van der Waals surface area contributed by atoms with Crippen molar-refractivity contribution < 1.29 is 4.74 Å². The van der Waals surface area contributed by atoms with Gasteiger partial charge in [0.1, 0.15) is 4.83 Å². The molecule has 1 saturated carbocycles. The summed E-state index contributed by atoms with van der Waals surface area (Å²) in [6.07, 6.45) is 10.7. The van der Waals surface area contributed by atoms with E-state index in [4.69, 9.17) is 4.74 Å². The number of rotatable bonds is 7. The van der Waals surface area contributed by atoms with Gasteiger partial charge in [-0.25, -0.2) is 4.98 Å². The monoisotopic (exact) mass is 375 g/mol. The fourth-order valence-corrected chi connectivity index (χ4v) is 5.68. The molecule has 2 aliphatic carbocycles. The first kappa shape index (κ1) is 18.1. The van der Waals surface area contributed by atoms with E-state index in [1.807, 2.05) is 11.5 Å². The molecule has 5 nitrogen and oxygen atoms in total. The number of fused-ring (bicyclic) bond motifs is 3. The van der Waals surface area contributed by atoms with E-state index in [2.05, 4.69) is 10.3 Å². The average Bonchev–Trinajstić information content (AvgIpc) is 3.29. The van der Waals surface area contributed by atoms with Crippen LogP contribution in [0, 0.1) is 0 Å². The molecule has 142 valence electrons. The summed E-state index contributed by atoms with van der Waals surface area (Å²) in [4.78, 5) is 20.1. The molecule has 6 heteroatoms. The smallest absolute Gasteiger partial charge is 0.262 e. The van der Waals surface area contributed by atoms with Gasteiger partial charge < -0.3 is 10.1 Å². The minimum atomic E-state index is 0.197. The van der Waals surface area contributed by atoms with Crippen LogP contribution in [-0.2, 0) is 17.6 Å². The number of hydrogen-bond donors (Lipinski definition) is 1. The van der Waals surface area contributed by atoms with Crippen LogP contribution in [0.5, 0.6) is 0 Å². The molecule has 1 fully saturated rings. The molecule has 2 aromatic rings. The second-order valence-corrected chi connectivity index (χ2v) is 8.61. The Morgan fingerprint density at radius 1 is 1.35 bits per heavy atom. The van der Waals surface area contributed by atoms with Crippen LogP contribution in [-0.4, -0.2) is 35.4 Å². The fraction of sp³-hybridized carbons (Fsp3) is 0.700. The van der Waals surface area contributed by atoms with Gasteiger partial charge in [0, 0.05) is 30.2 Å². The third-order valence-corrected chi connectivity index (χ3v) is 6.98. The Morgan fingerprint density at radius 2 is 2.19 bits per heavy atom. The molecule has 0 bridgehead atoms. The molecule has 0 aromatic carbocycles. The molecule has 4 rings (SSSR count). The highest BCUT2D eigenvalue weighted by atomic mass is 32.1. The zero-order chi connectivity index (χ0) is 17.9. The minimum Gasteiger partial charge on any atom is -0.382 e. The van der Waals surface area contributed by atoms with Gasteiger partial charge in [0.25, 0.3) is 5.56 Å². The summed E-state index contributed by atoms with van der Waals surface area (Å²) < 4.78 is 7.32. The molecule has 2 aliphatic rings. The molecule has 1 atom stereocenters. The Kier molecular flexibility index (Phi) is 5.72. The van der Waals surface area contributed by atoms with Crippen molar-refractivity contribution in [2.45, 2.75) is 70.4 Å². The van der Waals surface area contributed by atoms with Crippen LogP contribution in [0.4, 0.5) is 0 Å². The number of nitrogens with zero attached hydrogens (tertiary/aromatic N) is 2. The Bertz CT molecular complexity index is 807. The van der Waals surface area contributed by atoms with E-state index >= 15 is 0 Å². The lowest BCUT2D eigenvalue weighted by atomic mass is 9.93. The first-order valence-electron chi connectivity index (χ1n) is 10.1. The van der Waals surface area contributed by atoms with Crippen molar-refractivity contribution in [2.24, 2.45) is 0 Å². The van der Waals surface area contributed by atoms with Crippen LogP contribution in [0.15, 0.2) is 11.1 Å². The van der Waals surface area contributed by atoms with E-state index in [0.717, 1.165) is 68.5 Å². The molecule has 0 saturated heterocycles. The van der Waals surface area contributed by atoms with E-state index in [-0.39, 0.29) is 5.56 Å². The molecule has 0 spiro atoms. The van der Waals surface area contributed by atoms with E-state index in [0.29, 0.717) is 12.1 Å². The molecular formula is C20H29N3O2S. The first-order valence-corrected chi connectivity index (χ1v) is 10.9. The highest BCUT2D eigenvalue weighted by molar-refractivity contribution is 7.18. The highest BCUT2D eigenvalue weighted by Gasteiger charge is 2.26. The van der Waals surface area contributed by atoms with Crippen LogP contribution in [0.3, 0.4) is 0 Å². The summed E-state index contributed by atoms with van der Waals surface area (Å²) in [7, 11) is 0. The van der Waals surface area contributed by atoms with Crippen molar-refractivity contribution in [1.29, 1.82) is 0 Å². The van der Waals surface area contributed by atoms with Gasteiger partial charge in [0.15, 0.2) is 0 Å². The van der Waals surface area contributed by atoms with Gasteiger partial charge >= 0.3 is 0 Å². The van der Waals surface area contributed by atoms with Crippen molar-refractivity contribution >= 4 is 21.6 Å². The molecule has 2 heterocycles. The van der Waals surface area contributed by atoms with Crippen molar-refractivity contribution in [3.63, 3.8) is 0 Å². The summed E-state index contributed by atoms with van der Waals surface area (Å²) in [5.74, 6) is 0. The number of nitrogens with one attached hydrogen (secondary N) is 1. The molecule has 1 unspecified atom stereocenters. The van der Waals surface area contributed by atoms with Crippen molar-refractivity contribution in [2.75, 3.05) is 19.8 Å². The molecule has 1 N–H and O–H groups in total. The van der Waals surface area contributed by atoms with Gasteiger partial charge in [0.05, 0.1) is 11.7 Å². The van der Waals surface area contributed by atoms with Crippen LogP contribution in [0.2, 0.25) is 0 Å². The SMILES string of the molecule is CCOCCCNC1CCc2c(sc3ncn(C4CCCC4)c(=O)c23)C1. The Balaban J connectivity index is 1.50. The van der Waals surface area contributed by atoms with E-state index in [9.17, 15) is 4.79 Å². The van der Waals surface area contributed by atoms with Crippen molar-refractivity contribution in [1.82, 2.24) is 14.9 Å². The van der Waals surface area contributed by atoms with E-state index < -0.39 is 0 Å². The predicted octanol–water partition coefficient (Wildman–Crippen LogP) is 3.45. The minimum absolute atomic E-state index is 0.197. The van der Waals surface area contributed by atoms with Crippen LogP contribution >= 0.6 is 11.3 Å². The molecule has 26 heavy (non-hydrogen) atoms. The lowest BCUT2D eigenvalue weighted by molar-refractivity contribution is 0.144. The molecule has 0 amide bonds. The van der Waals surface area contributed by atoms with Gasteiger partial charge in [-0.2, -0.15) is 0 Å². The number of hydrogen-bond acceptors (Lipinski definition) is 5. The Labute approximate surface area is 158 Å². The largest absolute Gasteiger partial charge is 0.382 e. The van der Waals surface area contributed by atoms with Gasteiger partial charge in [0.2, 0.25) is 0 Å². The summed E-state index contributed by atoms with van der Waals surface area (Å²) in [5, 5.41) is 4.57. The molecule has 2 aromatic heterocycles. The third kappa shape index (κ3) is 3.59. The normalized spacial score (nSPS) is 20.7. The van der Waals surface area contributed by atoms with Gasteiger partial charge in [-0.15, -0.1) is 11.3 Å². The Hall–Kier alpha value is -1.24. The molecule has 0 radical (unpaired) electrons. The maximum Gasteiger partial charge on any atom is 0.262 e. The zero-order valence-electron chi connectivity index (χ0n) is 15.6. The van der Waals surface area contributed by atoms with E-state index in [1.54, 1.807) is 17.7 Å². The Morgan fingerprint density at radius 3 is 3.00 bits per heavy atom. The van der Waals surface area contributed by atoms with Crippen LogP contribution in [0.25, 0.3) is 10.2 Å². The summed E-state index contributed by atoms with van der Waals surface area (Å²) >= 11 is 1.73. The number of ether oxygens (including phenoxy) is 1. The maximum absolute atomic E-state index is 13.1. The topological polar surface area (TPSA) is 56.1 Å². The van der Waals surface area contributed by atoms with Crippen LogP contribution < -0.4 is 10.9 Å². The zero-order valence-corrected chi connectivity index (χ0v) is 16.4. The second-order valence-electron chi connectivity index (χ2n) is 7.52. The van der Waals surface area contributed by atoms with Gasteiger partial charge in [-0.1, -0.05) is 12.8 Å². The summed E-state index contributed by atoms with van der Waals surface area (Å²) in [6.45, 7) is 4.65. The predicted molar refractivity (Wildman–Crippen MR) is 106 cm³/mol. The van der Waals surface area contributed by atoms with Crippen molar-refractivity contribution in [3.8, 4) is 0 Å². The quantitative estimate of drug-likeness (QED) is 0.753. The molecule has 0 aliphatic heterocycles. The third-order valence-electron chi connectivity index (χ3n) is 5.82. The molecular weight excluding hydrogens is 346 g/mol. The second kappa shape index (κ2) is 8.19. The number of thiophene rings is 1.